The van der Waals surface area contributed by atoms with E-state index in [9.17, 15) is 4.79 Å². The van der Waals surface area contributed by atoms with Crippen molar-refractivity contribution in [1.82, 2.24) is 0 Å². The molecule has 1 atom stereocenters. The van der Waals surface area contributed by atoms with Gasteiger partial charge >= 0.3 is 0 Å². The van der Waals surface area contributed by atoms with Gasteiger partial charge in [0, 0.05) is 11.5 Å². The normalized spacial score (nSPS) is 16.5. The summed E-state index contributed by atoms with van der Waals surface area (Å²) in [6, 6.07) is 25.5. The first-order valence-electron chi connectivity index (χ1n) is 8.81. The maximum Gasteiger partial charge on any atom is 0.166 e. The van der Waals surface area contributed by atoms with E-state index in [1.165, 1.54) is 38.2 Å². The highest BCUT2D eigenvalue weighted by molar-refractivity contribution is 6.14. The summed E-state index contributed by atoms with van der Waals surface area (Å²) in [5.74, 6) is 0.360. The lowest BCUT2D eigenvalue weighted by molar-refractivity contribution is 0.0946. The number of fused-ring (bicyclic) bond motifs is 3. The first kappa shape index (κ1) is 14.4. The first-order chi connectivity index (χ1) is 12.2. The van der Waals surface area contributed by atoms with Gasteiger partial charge in [-0.05, 0) is 50.7 Å². The third kappa shape index (κ3) is 2.05. The Morgan fingerprint density at radius 2 is 1.36 bits per heavy atom. The Bertz CT molecular complexity index is 1100. The number of benzene rings is 4. The molecule has 4 aromatic carbocycles. The lowest BCUT2D eigenvalue weighted by atomic mass is 9.88. The smallest absolute Gasteiger partial charge is 0.166 e. The van der Waals surface area contributed by atoms with Crippen molar-refractivity contribution in [3.8, 4) is 11.1 Å². The molecule has 0 spiro atoms. The molecule has 0 aliphatic heterocycles. The molecule has 1 nitrogen and oxygen atoms in total. The molecule has 0 bridgehead atoms. The fourth-order valence-corrected chi connectivity index (χ4v) is 4.24. The van der Waals surface area contributed by atoms with Crippen molar-refractivity contribution in [1.29, 1.82) is 0 Å². The van der Waals surface area contributed by atoms with Crippen LogP contribution in [0.3, 0.4) is 0 Å². The molecule has 1 aliphatic rings. The molecule has 0 amide bonds. The van der Waals surface area contributed by atoms with Crippen molar-refractivity contribution in [3.63, 3.8) is 0 Å². The van der Waals surface area contributed by atoms with E-state index in [2.05, 4.69) is 60.7 Å². The van der Waals surface area contributed by atoms with Gasteiger partial charge in [-0.25, -0.2) is 0 Å². The predicted octanol–water partition coefficient (Wildman–Crippen LogP) is 6.03. The van der Waals surface area contributed by atoms with Crippen molar-refractivity contribution >= 4 is 27.3 Å². The number of hydrogen-bond donors (Lipinski definition) is 0. The molecule has 0 aromatic heterocycles. The van der Waals surface area contributed by atoms with Crippen molar-refractivity contribution < 1.29 is 4.79 Å². The van der Waals surface area contributed by atoms with Crippen molar-refractivity contribution in [2.24, 2.45) is 5.92 Å². The SMILES string of the molecule is CC1Cc2c(cccc2-c2c3ccccc3cc3ccccc23)C1=O. The van der Waals surface area contributed by atoms with E-state index in [0.717, 1.165) is 12.0 Å². The highest BCUT2D eigenvalue weighted by atomic mass is 16.1. The number of carbonyl (C=O) groups excluding carboxylic acids is 1. The van der Waals surface area contributed by atoms with Gasteiger partial charge < -0.3 is 0 Å². The van der Waals surface area contributed by atoms with Gasteiger partial charge in [-0.3, -0.25) is 4.79 Å². The third-order valence-electron chi connectivity index (χ3n) is 5.44. The molecule has 25 heavy (non-hydrogen) atoms. The highest BCUT2D eigenvalue weighted by Gasteiger charge is 2.29. The summed E-state index contributed by atoms with van der Waals surface area (Å²) in [4.78, 5) is 12.5. The van der Waals surface area contributed by atoms with Crippen LogP contribution in [-0.2, 0) is 6.42 Å². The lowest BCUT2D eigenvalue weighted by Gasteiger charge is -2.15. The molecular weight excluding hydrogens is 304 g/mol. The van der Waals surface area contributed by atoms with Gasteiger partial charge in [-0.1, -0.05) is 73.7 Å². The number of Topliss-reactive ketones (excluding diaryl/α,β-unsaturated/α-hetero) is 1. The zero-order chi connectivity index (χ0) is 17.0. The van der Waals surface area contributed by atoms with Crippen LogP contribution < -0.4 is 0 Å². The average molecular weight is 322 g/mol. The van der Waals surface area contributed by atoms with E-state index in [1.54, 1.807) is 0 Å². The fraction of sp³-hybridized carbons (Fsp3) is 0.125. The van der Waals surface area contributed by atoms with Gasteiger partial charge in [0.15, 0.2) is 5.78 Å². The Kier molecular flexibility index (Phi) is 3.05. The monoisotopic (exact) mass is 322 g/mol. The van der Waals surface area contributed by atoms with E-state index < -0.39 is 0 Å². The van der Waals surface area contributed by atoms with Gasteiger partial charge in [0.05, 0.1) is 0 Å². The quantitative estimate of drug-likeness (QED) is 0.391. The van der Waals surface area contributed by atoms with Gasteiger partial charge in [0.1, 0.15) is 0 Å². The van der Waals surface area contributed by atoms with Crippen LogP contribution in [0.2, 0.25) is 0 Å². The second kappa shape index (κ2) is 5.29. The zero-order valence-electron chi connectivity index (χ0n) is 14.1. The molecule has 1 unspecified atom stereocenters. The van der Waals surface area contributed by atoms with E-state index >= 15 is 0 Å². The van der Waals surface area contributed by atoms with Gasteiger partial charge in [-0.2, -0.15) is 0 Å². The van der Waals surface area contributed by atoms with Crippen molar-refractivity contribution in [2.45, 2.75) is 13.3 Å². The molecule has 0 fully saturated rings. The Morgan fingerprint density at radius 1 is 0.760 bits per heavy atom. The Hall–Kier alpha value is -2.93. The molecule has 120 valence electrons. The average Bonchev–Trinajstić information content (AvgIpc) is 2.94. The molecule has 0 saturated carbocycles. The summed E-state index contributed by atoms with van der Waals surface area (Å²) >= 11 is 0. The molecule has 4 aromatic rings. The Labute approximate surface area is 146 Å². The van der Waals surface area contributed by atoms with E-state index in [-0.39, 0.29) is 11.7 Å². The van der Waals surface area contributed by atoms with Crippen LogP contribution in [0.1, 0.15) is 22.8 Å². The topological polar surface area (TPSA) is 17.1 Å². The molecule has 5 rings (SSSR count). The largest absolute Gasteiger partial charge is 0.294 e. The van der Waals surface area contributed by atoms with Crippen LogP contribution in [0.25, 0.3) is 32.7 Å². The van der Waals surface area contributed by atoms with E-state index in [1.807, 2.05) is 19.1 Å². The minimum atomic E-state index is 0.0809. The second-order valence-electron chi connectivity index (χ2n) is 6.99. The van der Waals surface area contributed by atoms with E-state index in [4.69, 9.17) is 0 Å². The van der Waals surface area contributed by atoms with Crippen LogP contribution in [0.15, 0.2) is 72.8 Å². The standard InChI is InChI=1S/C24H18O/c1-15-13-22-20(11-6-12-21(22)24(15)25)23-18-9-4-2-7-16(18)14-17-8-3-5-10-19(17)23/h2-12,14-15H,13H2,1H3. The first-order valence-corrected chi connectivity index (χ1v) is 8.81. The summed E-state index contributed by atoms with van der Waals surface area (Å²) < 4.78 is 0. The molecular formula is C24H18O. The van der Waals surface area contributed by atoms with Crippen LogP contribution in [0.4, 0.5) is 0 Å². The second-order valence-corrected chi connectivity index (χ2v) is 6.99. The van der Waals surface area contributed by atoms with Crippen LogP contribution >= 0.6 is 0 Å². The number of carbonyl (C=O) groups is 1. The van der Waals surface area contributed by atoms with Gasteiger partial charge in [0.25, 0.3) is 0 Å². The lowest BCUT2D eigenvalue weighted by Crippen LogP contribution is -2.02. The van der Waals surface area contributed by atoms with Crippen molar-refractivity contribution in [2.75, 3.05) is 0 Å². The predicted molar refractivity (Wildman–Crippen MR) is 104 cm³/mol. The van der Waals surface area contributed by atoms with E-state index in [0.29, 0.717) is 0 Å². The van der Waals surface area contributed by atoms with Gasteiger partial charge in [-0.15, -0.1) is 0 Å². The molecule has 1 heteroatoms. The summed E-state index contributed by atoms with van der Waals surface area (Å²) in [5, 5.41) is 4.99. The molecule has 1 aliphatic carbocycles. The summed E-state index contributed by atoms with van der Waals surface area (Å²) in [5.41, 5.74) is 4.58. The van der Waals surface area contributed by atoms with Gasteiger partial charge in [0.2, 0.25) is 0 Å². The molecule has 0 saturated heterocycles. The summed E-state index contributed by atoms with van der Waals surface area (Å²) in [7, 11) is 0. The van der Waals surface area contributed by atoms with Crippen molar-refractivity contribution in [3.05, 3.63) is 83.9 Å². The zero-order valence-corrected chi connectivity index (χ0v) is 14.1. The fourth-order valence-electron chi connectivity index (χ4n) is 4.24. The maximum absolute atomic E-state index is 12.5. The van der Waals surface area contributed by atoms with Crippen LogP contribution in [0, 0.1) is 5.92 Å². The maximum atomic E-state index is 12.5. The minimum Gasteiger partial charge on any atom is -0.294 e. The molecule has 0 heterocycles. The minimum absolute atomic E-state index is 0.0809. The highest BCUT2D eigenvalue weighted by Crippen LogP contribution is 2.41. The number of rotatable bonds is 1. The summed E-state index contributed by atoms with van der Waals surface area (Å²) in [6.07, 6.45) is 0.835. The molecule has 0 N–H and O–H groups in total. The summed E-state index contributed by atoms with van der Waals surface area (Å²) in [6.45, 7) is 2.04. The Morgan fingerprint density at radius 3 is 2.04 bits per heavy atom. The third-order valence-corrected chi connectivity index (χ3v) is 5.44. The Balaban J connectivity index is 1.95. The number of hydrogen-bond acceptors (Lipinski definition) is 1. The van der Waals surface area contributed by atoms with Crippen LogP contribution in [0.5, 0.6) is 0 Å². The number of ketones is 1. The molecule has 0 radical (unpaired) electrons. The van der Waals surface area contributed by atoms with Crippen LogP contribution in [-0.4, -0.2) is 5.78 Å².